The fraction of sp³-hybridized carbons (Fsp3) is 0.565. The van der Waals surface area contributed by atoms with E-state index in [9.17, 15) is 28.8 Å². The van der Waals surface area contributed by atoms with E-state index in [1.165, 1.54) is 23.5 Å². The van der Waals surface area contributed by atoms with Crippen molar-refractivity contribution in [3.05, 3.63) is 66.7 Å². The second kappa shape index (κ2) is 18.6. The maximum Gasteiger partial charge on any atom is 0.246 e. The zero-order valence-corrected chi connectivity index (χ0v) is 33.9. The Morgan fingerprint density at radius 1 is 0.912 bits per heavy atom. The van der Waals surface area contributed by atoms with E-state index in [0.717, 1.165) is 55.7 Å². The molecule has 11 heteroatoms. The molecule has 3 fully saturated rings. The van der Waals surface area contributed by atoms with Crippen molar-refractivity contribution in [2.45, 2.75) is 129 Å². The smallest absolute Gasteiger partial charge is 0.246 e. The van der Waals surface area contributed by atoms with Gasteiger partial charge in [-0.2, -0.15) is 0 Å². The first-order chi connectivity index (χ1) is 27.3. The van der Waals surface area contributed by atoms with Gasteiger partial charge in [-0.3, -0.25) is 33.8 Å². The van der Waals surface area contributed by atoms with Gasteiger partial charge in [-0.25, -0.2) is 4.98 Å². The van der Waals surface area contributed by atoms with Crippen molar-refractivity contribution < 1.29 is 33.5 Å². The Bertz CT molecular complexity index is 1930. The maximum atomic E-state index is 15.0. The lowest BCUT2D eigenvalue weighted by Crippen LogP contribution is -2.58. The molecule has 1 aliphatic heterocycles. The molecule has 2 heterocycles. The molecule has 2 saturated carbocycles. The minimum Gasteiger partial charge on any atom is -0.488 e. The van der Waals surface area contributed by atoms with Crippen LogP contribution in [0.3, 0.4) is 0 Å². The number of ketones is 4. The van der Waals surface area contributed by atoms with Gasteiger partial charge < -0.3 is 15.0 Å². The predicted molar refractivity (Wildman–Crippen MR) is 216 cm³/mol. The number of hydrogen-bond acceptors (Lipinski definition) is 9. The molecule has 2 amide bonds. The maximum absolute atomic E-state index is 15.0. The van der Waals surface area contributed by atoms with Crippen molar-refractivity contribution in [2.24, 2.45) is 29.1 Å². The third-order valence-corrected chi connectivity index (χ3v) is 12.1. The molecule has 304 valence electrons. The van der Waals surface area contributed by atoms with Crippen molar-refractivity contribution in [2.75, 3.05) is 6.54 Å². The third kappa shape index (κ3) is 10.6. The first-order valence-corrected chi connectivity index (χ1v) is 21.0. The number of fused-ring (bicyclic) bond motifs is 1. The van der Waals surface area contributed by atoms with Crippen LogP contribution in [0.15, 0.2) is 61.1 Å². The Hall–Kier alpha value is -4.80. The normalized spacial score (nSPS) is 20.4. The van der Waals surface area contributed by atoms with Gasteiger partial charge in [-0.15, -0.1) is 0 Å². The Morgan fingerprint density at radius 2 is 1.65 bits per heavy atom. The molecular weight excluding hydrogens is 721 g/mol. The number of carbonyl (C=O) groups excluding carboxylic acids is 6. The zero-order valence-electron chi connectivity index (χ0n) is 33.9. The lowest BCUT2D eigenvalue weighted by Gasteiger charge is -2.37. The molecular formula is C46H58N4O7. The Labute approximate surface area is 336 Å². The van der Waals surface area contributed by atoms with Crippen LogP contribution in [0.4, 0.5) is 0 Å². The van der Waals surface area contributed by atoms with Crippen LogP contribution in [-0.4, -0.2) is 74.5 Å². The van der Waals surface area contributed by atoms with Crippen LogP contribution in [0, 0.1) is 29.1 Å². The lowest BCUT2D eigenvalue weighted by atomic mass is 9.76. The minimum atomic E-state index is -1.04. The zero-order chi connectivity index (χ0) is 40.7. The number of carbonyl (C=O) groups is 6. The van der Waals surface area contributed by atoms with Crippen LogP contribution in [0.5, 0.6) is 5.75 Å². The second-order valence-corrected chi connectivity index (χ2v) is 17.6. The lowest BCUT2D eigenvalue weighted by molar-refractivity contribution is -0.145. The summed E-state index contributed by atoms with van der Waals surface area (Å²) in [4.78, 5) is 93.4. The van der Waals surface area contributed by atoms with Gasteiger partial charge in [-0.1, -0.05) is 89.8 Å². The number of amides is 2. The highest BCUT2D eigenvalue weighted by molar-refractivity contribution is 6.38. The van der Waals surface area contributed by atoms with E-state index in [2.05, 4.69) is 15.3 Å². The average molecular weight is 779 g/mol. The first kappa shape index (κ1) is 41.8. The van der Waals surface area contributed by atoms with E-state index >= 15 is 0 Å². The molecule has 1 saturated heterocycles. The van der Waals surface area contributed by atoms with Gasteiger partial charge in [0.15, 0.2) is 17.3 Å². The monoisotopic (exact) mass is 778 g/mol. The summed E-state index contributed by atoms with van der Waals surface area (Å²) in [6.45, 7) is 7.62. The van der Waals surface area contributed by atoms with E-state index in [1.54, 1.807) is 0 Å². The summed E-state index contributed by atoms with van der Waals surface area (Å²) in [5.74, 6) is -2.88. The second-order valence-electron chi connectivity index (χ2n) is 17.6. The number of nitrogens with zero attached hydrogens (tertiary/aromatic N) is 3. The van der Waals surface area contributed by atoms with Crippen LogP contribution in [-0.2, 0) is 24.0 Å². The SMILES string of the molecule is CCC[C@H](CC(=O)[C@@H]1C[C@@H](Oc2cccc3ccccc23)CN1C(=O)[C@@H](NC(=O)[C@@H](CC(=O)c1cnccn1)C1CCCCC1)C(C)(C)C)C(=O)C(=O)CC1CC1. The van der Waals surface area contributed by atoms with Crippen molar-refractivity contribution >= 4 is 45.7 Å². The summed E-state index contributed by atoms with van der Waals surface area (Å²) in [7, 11) is 0. The fourth-order valence-corrected chi connectivity index (χ4v) is 8.70. The summed E-state index contributed by atoms with van der Waals surface area (Å²) < 4.78 is 6.59. The van der Waals surface area contributed by atoms with Crippen molar-refractivity contribution in [1.29, 1.82) is 0 Å². The molecule has 2 aromatic carbocycles. The molecule has 1 aromatic heterocycles. The van der Waals surface area contributed by atoms with Crippen LogP contribution in [0.1, 0.15) is 122 Å². The number of nitrogens with one attached hydrogen (secondary N) is 1. The molecule has 0 unspecified atom stereocenters. The van der Waals surface area contributed by atoms with E-state index < -0.39 is 52.9 Å². The molecule has 2 aliphatic carbocycles. The standard InChI is InChI=1S/C46H58N4O7/c1-5-12-32(42(54)40(53)23-29-19-20-29)24-39(52)37-25-33(57-41-18-11-16-30-15-9-10-17-34(30)41)28-50(37)45(56)43(46(2,3)4)49-44(55)35(31-13-7-6-8-14-31)26-38(51)36-27-47-21-22-48-36/h9-11,15-18,21-22,27,29,31-33,35,37,43H,5-8,12-14,19-20,23-26,28H2,1-4H3,(H,49,55)/t32-,33-,35+,37+,43-/m1/s1. The van der Waals surface area contributed by atoms with E-state index in [1.807, 2.05) is 70.2 Å². The molecule has 3 aliphatic rings. The number of rotatable bonds is 18. The van der Waals surface area contributed by atoms with Crippen LogP contribution < -0.4 is 10.1 Å². The molecule has 3 aromatic rings. The molecule has 0 spiro atoms. The van der Waals surface area contributed by atoms with Gasteiger partial charge in [0, 0.05) is 55.3 Å². The largest absolute Gasteiger partial charge is 0.488 e. The van der Waals surface area contributed by atoms with Gasteiger partial charge in [0.2, 0.25) is 17.6 Å². The quantitative estimate of drug-likeness (QED) is 0.104. The van der Waals surface area contributed by atoms with Gasteiger partial charge in [0.25, 0.3) is 0 Å². The number of likely N-dealkylation sites (tertiary alicyclic amines) is 1. The van der Waals surface area contributed by atoms with Crippen molar-refractivity contribution in [3.63, 3.8) is 0 Å². The summed E-state index contributed by atoms with van der Waals surface area (Å²) in [5.41, 5.74) is -0.587. The van der Waals surface area contributed by atoms with Crippen molar-refractivity contribution in [3.8, 4) is 5.75 Å². The first-order valence-electron chi connectivity index (χ1n) is 21.0. The van der Waals surface area contributed by atoms with Gasteiger partial charge >= 0.3 is 0 Å². The van der Waals surface area contributed by atoms with Gasteiger partial charge in [0.05, 0.1) is 18.8 Å². The molecule has 11 nitrogen and oxygen atoms in total. The molecule has 1 N–H and O–H groups in total. The molecule has 0 bridgehead atoms. The Kier molecular flexibility index (Phi) is 13.7. The van der Waals surface area contributed by atoms with E-state index in [-0.39, 0.29) is 67.2 Å². The number of Topliss-reactive ketones (excluding diaryl/α,β-unsaturated/α-hetero) is 4. The topological polar surface area (TPSA) is 153 Å². The number of aromatic nitrogens is 2. The highest BCUT2D eigenvalue weighted by atomic mass is 16.5. The van der Waals surface area contributed by atoms with Crippen LogP contribution in [0.25, 0.3) is 10.8 Å². The number of ether oxygens (including phenoxy) is 1. The summed E-state index contributed by atoms with van der Waals surface area (Å²) >= 11 is 0. The van der Waals surface area contributed by atoms with Gasteiger partial charge in [0.1, 0.15) is 23.6 Å². The number of hydrogen-bond donors (Lipinski definition) is 1. The predicted octanol–water partition coefficient (Wildman–Crippen LogP) is 7.29. The highest BCUT2D eigenvalue weighted by Gasteiger charge is 2.47. The number of benzene rings is 2. The van der Waals surface area contributed by atoms with Gasteiger partial charge in [-0.05, 0) is 60.8 Å². The summed E-state index contributed by atoms with van der Waals surface area (Å²) in [6, 6.07) is 11.6. The Balaban J connectivity index is 1.27. The molecule has 5 atom stereocenters. The van der Waals surface area contributed by atoms with Crippen molar-refractivity contribution in [1.82, 2.24) is 20.2 Å². The Morgan fingerprint density at radius 3 is 2.33 bits per heavy atom. The minimum absolute atomic E-state index is 0.0367. The molecule has 0 radical (unpaired) electrons. The van der Waals surface area contributed by atoms with E-state index in [4.69, 9.17) is 4.74 Å². The third-order valence-electron chi connectivity index (χ3n) is 12.1. The average Bonchev–Trinajstić information content (AvgIpc) is 3.93. The summed E-state index contributed by atoms with van der Waals surface area (Å²) in [6.07, 6.45) is 11.5. The summed E-state index contributed by atoms with van der Waals surface area (Å²) in [5, 5.41) is 4.98. The van der Waals surface area contributed by atoms with E-state index in [0.29, 0.717) is 18.6 Å². The van der Waals surface area contributed by atoms with Crippen LogP contribution >= 0.6 is 0 Å². The molecule has 6 rings (SSSR count). The fourth-order valence-electron chi connectivity index (χ4n) is 8.70. The van der Waals surface area contributed by atoms with Crippen LogP contribution in [0.2, 0.25) is 0 Å². The molecule has 57 heavy (non-hydrogen) atoms. The highest BCUT2D eigenvalue weighted by Crippen LogP contribution is 2.36.